The summed E-state index contributed by atoms with van der Waals surface area (Å²) in [5.41, 5.74) is 0. The van der Waals surface area contributed by atoms with Crippen LogP contribution in [0.2, 0.25) is 5.02 Å². The van der Waals surface area contributed by atoms with E-state index in [-0.39, 0.29) is 16.9 Å². The summed E-state index contributed by atoms with van der Waals surface area (Å²) in [6.07, 6.45) is 0.0369. The van der Waals surface area contributed by atoms with Crippen LogP contribution in [-0.2, 0) is 4.74 Å². The fourth-order valence-corrected chi connectivity index (χ4v) is 1.96. The van der Waals surface area contributed by atoms with Crippen LogP contribution in [0.3, 0.4) is 0 Å². The van der Waals surface area contributed by atoms with Crippen LogP contribution in [0.4, 0.5) is 4.39 Å². The van der Waals surface area contributed by atoms with Crippen molar-refractivity contribution in [3.05, 3.63) is 29.0 Å². The Kier molecular flexibility index (Phi) is 4.20. The van der Waals surface area contributed by atoms with Gasteiger partial charge in [-0.2, -0.15) is 0 Å². The number of hydrogen-bond donors (Lipinski definition) is 0. The third-order valence-electron chi connectivity index (χ3n) is 2.66. The maximum atomic E-state index is 12.8. The van der Waals surface area contributed by atoms with Crippen LogP contribution < -0.4 is 4.74 Å². The molecule has 1 atom stereocenters. The van der Waals surface area contributed by atoms with E-state index in [0.717, 1.165) is 13.1 Å². The molecule has 1 aliphatic rings. The summed E-state index contributed by atoms with van der Waals surface area (Å²) in [7, 11) is 2.04. The maximum Gasteiger partial charge on any atom is 0.138 e. The number of halogens is 2. The van der Waals surface area contributed by atoms with Gasteiger partial charge in [-0.3, -0.25) is 0 Å². The molecular weight excluding hydrogens is 245 g/mol. The van der Waals surface area contributed by atoms with Crippen molar-refractivity contribution in [3.63, 3.8) is 0 Å². The Hall–Kier alpha value is -0.840. The van der Waals surface area contributed by atoms with Gasteiger partial charge in [0.15, 0.2) is 0 Å². The first-order valence-electron chi connectivity index (χ1n) is 5.53. The summed E-state index contributed by atoms with van der Waals surface area (Å²) in [5, 5.41) is 0.286. The molecule has 0 bridgehead atoms. The van der Waals surface area contributed by atoms with Crippen molar-refractivity contribution in [1.82, 2.24) is 4.90 Å². The minimum atomic E-state index is -0.365. The second-order valence-electron chi connectivity index (χ2n) is 4.14. The van der Waals surface area contributed by atoms with Gasteiger partial charge in [-0.1, -0.05) is 11.6 Å². The van der Waals surface area contributed by atoms with Crippen LogP contribution in [0.1, 0.15) is 0 Å². The molecule has 1 aromatic rings. The predicted octanol–water partition coefficient (Wildman–Crippen LogP) is 2.19. The van der Waals surface area contributed by atoms with E-state index < -0.39 is 0 Å². The Labute approximate surface area is 105 Å². The van der Waals surface area contributed by atoms with Crippen molar-refractivity contribution in [2.24, 2.45) is 0 Å². The second-order valence-corrected chi connectivity index (χ2v) is 4.55. The first kappa shape index (κ1) is 12.6. The van der Waals surface area contributed by atoms with Gasteiger partial charge in [-0.05, 0) is 25.2 Å². The Morgan fingerprint density at radius 3 is 3.12 bits per heavy atom. The number of hydrogen-bond acceptors (Lipinski definition) is 3. The molecule has 0 N–H and O–H groups in total. The summed E-state index contributed by atoms with van der Waals surface area (Å²) in [6.45, 7) is 2.91. The van der Waals surface area contributed by atoms with Gasteiger partial charge in [-0.15, -0.1) is 0 Å². The van der Waals surface area contributed by atoms with E-state index in [9.17, 15) is 4.39 Å². The third-order valence-corrected chi connectivity index (χ3v) is 2.96. The highest BCUT2D eigenvalue weighted by atomic mass is 35.5. The Morgan fingerprint density at radius 2 is 2.41 bits per heavy atom. The van der Waals surface area contributed by atoms with Gasteiger partial charge >= 0.3 is 0 Å². The summed E-state index contributed by atoms with van der Waals surface area (Å²) < 4.78 is 23.9. The van der Waals surface area contributed by atoms with Crippen molar-refractivity contribution in [2.45, 2.75) is 6.10 Å². The SMILES string of the molecule is CN1CCOC(COc2ccc(F)cc2Cl)C1. The molecule has 0 spiro atoms. The van der Waals surface area contributed by atoms with Gasteiger partial charge in [0.25, 0.3) is 0 Å². The molecule has 0 aliphatic carbocycles. The Morgan fingerprint density at radius 1 is 1.59 bits per heavy atom. The lowest BCUT2D eigenvalue weighted by molar-refractivity contribution is -0.0403. The monoisotopic (exact) mass is 259 g/mol. The molecule has 0 amide bonds. The molecular formula is C12H15ClFNO2. The lowest BCUT2D eigenvalue weighted by Gasteiger charge is -2.29. The van der Waals surface area contributed by atoms with Crippen molar-refractivity contribution in [1.29, 1.82) is 0 Å². The van der Waals surface area contributed by atoms with Crippen LogP contribution in [0.5, 0.6) is 5.75 Å². The Balaban J connectivity index is 1.88. The zero-order chi connectivity index (χ0) is 12.3. The van der Waals surface area contributed by atoms with Gasteiger partial charge in [0.05, 0.1) is 11.6 Å². The maximum absolute atomic E-state index is 12.8. The van der Waals surface area contributed by atoms with Gasteiger partial charge < -0.3 is 14.4 Å². The molecule has 0 saturated carbocycles. The smallest absolute Gasteiger partial charge is 0.138 e. The largest absolute Gasteiger partial charge is 0.489 e. The summed E-state index contributed by atoms with van der Waals surface area (Å²) in [5.74, 6) is 0.126. The van der Waals surface area contributed by atoms with Gasteiger partial charge in [0.1, 0.15) is 24.3 Å². The number of benzene rings is 1. The van der Waals surface area contributed by atoms with E-state index in [0.29, 0.717) is 19.0 Å². The molecule has 3 nitrogen and oxygen atoms in total. The molecule has 0 aromatic heterocycles. The van der Waals surface area contributed by atoms with E-state index >= 15 is 0 Å². The van der Waals surface area contributed by atoms with Crippen molar-refractivity contribution >= 4 is 11.6 Å². The Bertz CT molecular complexity index is 389. The average molecular weight is 260 g/mol. The van der Waals surface area contributed by atoms with E-state index in [1.165, 1.54) is 18.2 Å². The standard InChI is InChI=1S/C12H15ClFNO2/c1-15-4-5-16-10(7-15)8-17-12-3-2-9(14)6-11(12)13/h2-3,6,10H,4-5,7-8H2,1H3. The molecule has 5 heteroatoms. The molecule has 1 fully saturated rings. The molecule has 1 unspecified atom stereocenters. The van der Waals surface area contributed by atoms with Crippen molar-refractivity contribution < 1.29 is 13.9 Å². The molecule has 1 saturated heterocycles. The fraction of sp³-hybridized carbons (Fsp3) is 0.500. The van der Waals surface area contributed by atoms with Gasteiger partial charge in [0.2, 0.25) is 0 Å². The second kappa shape index (κ2) is 5.67. The van der Waals surface area contributed by atoms with Crippen molar-refractivity contribution in [2.75, 3.05) is 33.4 Å². The average Bonchev–Trinajstić information content (AvgIpc) is 2.28. The summed E-state index contributed by atoms with van der Waals surface area (Å²) in [4.78, 5) is 2.18. The summed E-state index contributed by atoms with van der Waals surface area (Å²) in [6, 6.07) is 4.10. The number of likely N-dealkylation sites (N-methyl/N-ethyl adjacent to an activating group) is 1. The zero-order valence-electron chi connectivity index (χ0n) is 9.66. The van der Waals surface area contributed by atoms with Crippen LogP contribution in [0, 0.1) is 5.82 Å². The molecule has 2 rings (SSSR count). The topological polar surface area (TPSA) is 21.7 Å². The van der Waals surface area contributed by atoms with Gasteiger partial charge in [-0.25, -0.2) is 4.39 Å². The van der Waals surface area contributed by atoms with E-state index in [4.69, 9.17) is 21.1 Å². The molecule has 0 radical (unpaired) electrons. The number of rotatable bonds is 3. The zero-order valence-corrected chi connectivity index (χ0v) is 10.4. The van der Waals surface area contributed by atoms with E-state index in [1.807, 2.05) is 7.05 Å². The first-order valence-corrected chi connectivity index (χ1v) is 5.91. The summed E-state index contributed by atoms with van der Waals surface area (Å²) >= 11 is 5.86. The third kappa shape index (κ3) is 3.56. The quantitative estimate of drug-likeness (QED) is 0.831. The lowest BCUT2D eigenvalue weighted by atomic mass is 10.3. The van der Waals surface area contributed by atoms with Gasteiger partial charge in [0, 0.05) is 13.1 Å². The normalized spacial score (nSPS) is 21.5. The van der Waals surface area contributed by atoms with Crippen LogP contribution >= 0.6 is 11.6 Å². The molecule has 1 aliphatic heterocycles. The minimum absolute atomic E-state index is 0.0369. The molecule has 94 valence electrons. The van der Waals surface area contributed by atoms with Crippen LogP contribution in [-0.4, -0.2) is 44.4 Å². The van der Waals surface area contributed by atoms with Crippen molar-refractivity contribution in [3.8, 4) is 5.75 Å². The minimum Gasteiger partial charge on any atom is -0.489 e. The van der Waals surface area contributed by atoms with E-state index in [2.05, 4.69) is 4.90 Å². The highest BCUT2D eigenvalue weighted by Crippen LogP contribution is 2.25. The first-order chi connectivity index (χ1) is 8.15. The van der Waals surface area contributed by atoms with Crippen LogP contribution in [0.15, 0.2) is 18.2 Å². The van der Waals surface area contributed by atoms with Crippen LogP contribution in [0.25, 0.3) is 0 Å². The highest BCUT2D eigenvalue weighted by molar-refractivity contribution is 6.32. The fourth-order valence-electron chi connectivity index (χ4n) is 1.74. The molecule has 1 heterocycles. The predicted molar refractivity (Wildman–Crippen MR) is 64.1 cm³/mol. The highest BCUT2D eigenvalue weighted by Gasteiger charge is 2.18. The number of nitrogens with zero attached hydrogens (tertiary/aromatic N) is 1. The van der Waals surface area contributed by atoms with E-state index in [1.54, 1.807) is 0 Å². The lowest BCUT2D eigenvalue weighted by Crippen LogP contribution is -2.42. The molecule has 1 aromatic carbocycles. The number of morpholine rings is 1. The number of ether oxygens (including phenoxy) is 2. The molecule has 17 heavy (non-hydrogen) atoms.